The van der Waals surface area contributed by atoms with Gasteiger partial charge in [-0.3, -0.25) is 4.79 Å². The predicted molar refractivity (Wildman–Crippen MR) is 91.0 cm³/mol. The number of aliphatic hydroxyl groups excluding tert-OH is 1. The van der Waals surface area contributed by atoms with Crippen LogP contribution >= 0.6 is 11.6 Å². The molecule has 0 spiro atoms. The molecule has 1 amide bonds. The van der Waals surface area contributed by atoms with Gasteiger partial charge in [0.25, 0.3) is 5.91 Å². The minimum absolute atomic E-state index is 0.112. The van der Waals surface area contributed by atoms with Crippen molar-refractivity contribution in [2.24, 2.45) is 5.41 Å². The van der Waals surface area contributed by atoms with E-state index in [4.69, 9.17) is 16.0 Å². The predicted octanol–water partition coefficient (Wildman–Crippen LogP) is 3.99. The first-order chi connectivity index (χ1) is 11.0. The maximum atomic E-state index is 12.5. The highest BCUT2D eigenvalue weighted by Crippen LogP contribution is 2.37. The summed E-state index contributed by atoms with van der Waals surface area (Å²) in [6.07, 6.45) is 4.13. The van der Waals surface area contributed by atoms with Crippen molar-refractivity contribution in [1.82, 2.24) is 5.32 Å². The van der Waals surface area contributed by atoms with Crippen molar-refractivity contribution in [3.63, 3.8) is 0 Å². The molecule has 1 saturated carbocycles. The Morgan fingerprint density at radius 2 is 2.04 bits per heavy atom. The van der Waals surface area contributed by atoms with Crippen LogP contribution in [0.1, 0.15) is 47.4 Å². The summed E-state index contributed by atoms with van der Waals surface area (Å²) in [5.74, 6) is 0.0972. The summed E-state index contributed by atoms with van der Waals surface area (Å²) in [5.41, 5.74) is 2.22. The van der Waals surface area contributed by atoms with Crippen LogP contribution < -0.4 is 5.32 Å². The van der Waals surface area contributed by atoms with Crippen LogP contribution in [0.5, 0.6) is 0 Å². The van der Waals surface area contributed by atoms with Crippen LogP contribution in [0.2, 0.25) is 5.02 Å². The molecule has 0 atom stereocenters. The lowest BCUT2D eigenvalue weighted by atomic mass is 9.87. The summed E-state index contributed by atoms with van der Waals surface area (Å²) in [4.78, 5) is 12.5. The number of nitrogens with one attached hydrogen (secondary N) is 1. The molecule has 1 aromatic carbocycles. The van der Waals surface area contributed by atoms with Gasteiger partial charge in [0, 0.05) is 27.9 Å². The fourth-order valence-corrected chi connectivity index (χ4v) is 3.59. The van der Waals surface area contributed by atoms with Crippen LogP contribution in [0.4, 0.5) is 0 Å². The monoisotopic (exact) mass is 335 g/mol. The Morgan fingerprint density at radius 1 is 1.35 bits per heavy atom. The summed E-state index contributed by atoms with van der Waals surface area (Å²) in [5, 5.41) is 14.1. The molecule has 1 aliphatic carbocycles. The molecule has 0 saturated heterocycles. The van der Waals surface area contributed by atoms with Crippen LogP contribution in [0, 0.1) is 19.3 Å². The quantitative estimate of drug-likeness (QED) is 0.888. The Hall–Kier alpha value is -1.52. The Bertz CT molecular complexity index is 744. The SMILES string of the molecule is Cc1cc2oc(C(=O)NCC3(CO)CCCC3)c(C)c2cc1Cl. The first-order valence-electron chi connectivity index (χ1n) is 8.04. The van der Waals surface area contributed by atoms with Crippen molar-refractivity contribution in [3.8, 4) is 0 Å². The van der Waals surface area contributed by atoms with Crippen LogP contribution in [0.25, 0.3) is 11.0 Å². The first-order valence-corrected chi connectivity index (χ1v) is 8.42. The third kappa shape index (κ3) is 2.98. The lowest BCUT2D eigenvalue weighted by Gasteiger charge is -2.26. The summed E-state index contributed by atoms with van der Waals surface area (Å²) < 4.78 is 5.75. The number of hydrogen-bond acceptors (Lipinski definition) is 3. The van der Waals surface area contributed by atoms with E-state index in [-0.39, 0.29) is 17.9 Å². The number of aryl methyl sites for hydroxylation is 2. The normalized spacial score (nSPS) is 16.9. The molecule has 1 fully saturated rings. The van der Waals surface area contributed by atoms with Crippen molar-refractivity contribution < 1.29 is 14.3 Å². The van der Waals surface area contributed by atoms with E-state index in [2.05, 4.69) is 5.32 Å². The topological polar surface area (TPSA) is 62.5 Å². The van der Waals surface area contributed by atoms with E-state index >= 15 is 0 Å². The molecule has 1 heterocycles. The molecule has 1 aliphatic rings. The number of halogens is 1. The van der Waals surface area contributed by atoms with Crippen molar-refractivity contribution in [1.29, 1.82) is 0 Å². The Labute approximate surface area is 140 Å². The average Bonchev–Trinajstić information content (AvgIpc) is 3.13. The van der Waals surface area contributed by atoms with Gasteiger partial charge < -0.3 is 14.8 Å². The van der Waals surface area contributed by atoms with Crippen LogP contribution in [-0.4, -0.2) is 24.2 Å². The van der Waals surface area contributed by atoms with E-state index in [0.29, 0.717) is 22.9 Å². The zero-order valence-electron chi connectivity index (χ0n) is 13.5. The third-order valence-corrected chi connectivity index (χ3v) is 5.45. The highest BCUT2D eigenvalue weighted by Gasteiger charge is 2.34. The lowest BCUT2D eigenvalue weighted by molar-refractivity contribution is 0.0856. The summed E-state index contributed by atoms with van der Waals surface area (Å²) in [7, 11) is 0. The van der Waals surface area contributed by atoms with Crippen molar-refractivity contribution in [3.05, 3.63) is 34.0 Å². The second kappa shape index (κ2) is 6.17. The highest BCUT2D eigenvalue weighted by molar-refractivity contribution is 6.32. The van der Waals surface area contributed by atoms with Gasteiger partial charge in [0.2, 0.25) is 0 Å². The molecule has 5 heteroatoms. The Balaban J connectivity index is 1.82. The minimum Gasteiger partial charge on any atom is -0.451 e. The van der Waals surface area contributed by atoms with E-state index in [9.17, 15) is 9.90 Å². The van der Waals surface area contributed by atoms with Gasteiger partial charge in [-0.15, -0.1) is 0 Å². The maximum Gasteiger partial charge on any atom is 0.287 e. The van der Waals surface area contributed by atoms with Crippen LogP contribution in [0.15, 0.2) is 16.5 Å². The van der Waals surface area contributed by atoms with Crippen molar-refractivity contribution in [2.45, 2.75) is 39.5 Å². The zero-order valence-corrected chi connectivity index (χ0v) is 14.3. The third-order valence-electron chi connectivity index (χ3n) is 5.05. The standard InChI is InChI=1S/C18H22ClNO3/c1-11-7-15-13(8-14(11)19)12(2)16(23-15)17(22)20-9-18(10-21)5-3-4-6-18/h7-8,21H,3-6,9-10H2,1-2H3,(H,20,22). The number of amides is 1. The summed E-state index contributed by atoms with van der Waals surface area (Å²) in [6.45, 7) is 4.37. The van der Waals surface area contributed by atoms with Gasteiger partial charge in [0.1, 0.15) is 5.58 Å². The molecule has 4 nitrogen and oxygen atoms in total. The molecule has 0 unspecified atom stereocenters. The first kappa shape index (κ1) is 16.3. The largest absolute Gasteiger partial charge is 0.451 e. The van der Waals surface area contributed by atoms with E-state index < -0.39 is 0 Å². The minimum atomic E-state index is -0.229. The number of aliphatic hydroxyl groups is 1. The Kier molecular flexibility index (Phi) is 4.39. The number of carbonyl (C=O) groups is 1. The number of benzene rings is 1. The second-order valence-electron chi connectivity index (χ2n) is 6.70. The number of furan rings is 1. The zero-order chi connectivity index (χ0) is 16.6. The van der Waals surface area contributed by atoms with Gasteiger partial charge in [-0.05, 0) is 44.4 Å². The fraction of sp³-hybridized carbons (Fsp3) is 0.500. The average molecular weight is 336 g/mol. The van der Waals surface area contributed by atoms with Gasteiger partial charge in [-0.2, -0.15) is 0 Å². The summed E-state index contributed by atoms with van der Waals surface area (Å²) >= 11 is 6.16. The molecule has 23 heavy (non-hydrogen) atoms. The Morgan fingerprint density at radius 3 is 2.70 bits per heavy atom. The molecular weight excluding hydrogens is 314 g/mol. The van der Waals surface area contributed by atoms with E-state index in [0.717, 1.165) is 42.2 Å². The fourth-order valence-electron chi connectivity index (χ4n) is 3.42. The van der Waals surface area contributed by atoms with Crippen molar-refractivity contribution >= 4 is 28.5 Å². The number of rotatable bonds is 4. The van der Waals surface area contributed by atoms with Gasteiger partial charge in [-0.1, -0.05) is 24.4 Å². The highest BCUT2D eigenvalue weighted by atomic mass is 35.5. The smallest absolute Gasteiger partial charge is 0.287 e. The molecule has 1 aromatic heterocycles. The number of fused-ring (bicyclic) bond motifs is 1. The van der Waals surface area contributed by atoms with Gasteiger partial charge in [-0.25, -0.2) is 0 Å². The number of hydrogen-bond donors (Lipinski definition) is 2. The maximum absolute atomic E-state index is 12.5. The molecular formula is C18H22ClNO3. The van der Waals surface area contributed by atoms with Gasteiger partial charge in [0.15, 0.2) is 5.76 Å². The molecule has 2 aromatic rings. The van der Waals surface area contributed by atoms with E-state index in [1.54, 1.807) is 0 Å². The molecule has 2 N–H and O–H groups in total. The molecule has 124 valence electrons. The lowest BCUT2D eigenvalue weighted by Crippen LogP contribution is -2.38. The molecule has 0 radical (unpaired) electrons. The van der Waals surface area contributed by atoms with Crippen molar-refractivity contribution in [2.75, 3.05) is 13.2 Å². The van der Waals surface area contributed by atoms with Gasteiger partial charge >= 0.3 is 0 Å². The van der Waals surface area contributed by atoms with E-state index in [1.807, 2.05) is 26.0 Å². The number of carbonyl (C=O) groups excluding carboxylic acids is 1. The summed E-state index contributed by atoms with van der Waals surface area (Å²) in [6, 6.07) is 3.70. The van der Waals surface area contributed by atoms with Gasteiger partial charge in [0.05, 0.1) is 6.61 Å². The molecule has 0 bridgehead atoms. The molecule has 3 rings (SSSR count). The van der Waals surface area contributed by atoms with Crippen LogP contribution in [0.3, 0.4) is 0 Å². The van der Waals surface area contributed by atoms with E-state index in [1.165, 1.54) is 0 Å². The molecule has 0 aliphatic heterocycles. The second-order valence-corrected chi connectivity index (χ2v) is 7.11. The van der Waals surface area contributed by atoms with Crippen LogP contribution in [-0.2, 0) is 0 Å².